The number of hydrogen-bond acceptors (Lipinski definition) is 2. The minimum Gasteiger partial charge on any atom is -0.327 e. The summed E-state index contributed by atoms with van der Waals surface area (Å²) in [4.78, 5) is 0. The summed E-state index contributed by atoms with van der Waals surface area (Å²) in [7, 11) is 0. The van der Waals surface area contributed by atoms with E-state index in [-0.39, 0.29) is 6.04 Å². The molecule has 0 spiro atoms. The van der Waals surface area contributed by atoms with Crippen LogP contribution >= 0.6 is 0 Å². The molecule has 3 atom stereocenters. The van der Waals surface area contributed by atoms with Crippen LogP contribution in [0.3, 0.4) is 0 Å². The quantitative estimate of drug-likeness (QED) is 0.766. The van der Waals surface area contributed by atoms with E-state index in [1.807, 2.05) is 0 Å². The van der Waals surface area contributed by atoms with Crippen molar-refractivity contribution < 1.29 is 0 Å². The summed E-state index contributed by atoms with van der Waals surface area (Å²) in [5.41, 5.74) is 7.47. The van der Waals surface area contributed by atoms with Gasteiger partial charge in [0.1, 0.15) is 0 Å². The minimum atomic E-state index is 0.285. The van der Waals surface area contributed by atoms with Gasteiger partial charge in [-0.1, -0.05) is 37.3 Å². The van der Waals surface area contributed by atoms with Crippen LogP contribution < -0.4 is 11.1 Å². The van der Waals surface area contributed by atoms with E-state index in [1.54, 1.807) is 0 Å². The first kappa shape index (κ1) is 11.6. The van der Waals surface area contributed by atoms with Gasteiger partial charge in [-0.3, -0.25) is 0 Å². The smallest absolute Gasteiger partial charge is 0.0168 e. The van der Waals surface area contributed by atoms with Gasteiger partial charge in [0.2, 0.25) is 0 Å². The van der Waals surface area contributed by atoms with Gasteiger partial charge in [0, 0.05) is 18.6 Å². The molecule has 2 rings (SSSR count). The van der Waals surface area contributed by atoms with Gasteiger partial charge in [-0.15, -0.1) is 0 Å². The molecule has 1 aromatic rings. The average molecular weight is 218 g/mol. The van der Waals surface area contributed by atoms with E-state index in [2.05, 4.69) is 42.6 Å². The Kier molecular flexibility index (Phi) is 3.97. The fourth-order valence-electron chi connectivity index (χ4n) is 2.01. The maximum atomic E-state index is 6.08. The molecule has 0 aromatic heterocycles. The zero-order valence-corrected chi connectivity index (χ0v) is 10.0. The maximum absolute atomic E-state index is 6.08. The Morgan fingerprint density at radius 1 is 1.38 bits per heavy atom. The number of hydrogen-bond donors (Lipinski definition) is 2. The third kappa shape index (κ3) is 3.62. The first-order chi connectivity index (χ1) is 7.75. The molecule has 88 valence electrons. The molecule has 3 unspecified atom stereocenters. The highest BCUT2D eigenvalue weighted by Crippen LogP contribution is 2.28. The Morgan fingerprint density at radius 3 is 2.69 bits per heavy atom. The van der Waals surface area contributed by atoms with Crippen LogP contribution in [0.5, 0.6) is 0 Å². The van der Waals surface area contributed by atoms with Gasteiger partial charge >= 0.3 is 0 Å². The third-order valence-electron chi connectivity index (χ3n) is 3.40. The van der Waals surface area contributed by atoms with Crippen LogP contribution in [-0.2, 0) is 6.42 Å². The van der Waals surface area contributed by atoms with E-state index in [1.165, 1.54) is 12.0 Å². The van der Waals surface area contributed by atoms with Crippen molar-refractivity contribution in [3.8, 4) is 0 Å². The Bertz CT molecular complexity index is 310. The summed E-state index contributed by atoms with van der Waals surface area (Å²) in [6.07, 6.45) is 3.48. The van der Waals surface area contributed by atoms with Crippen LogP contribution in [0.25, 0.3) is 0 Å². The van der Waals surface area contributed by atoms with Crippen LogP contribution in [0.4, 0.5) is 0 Å². The number of nitrogens with one attached hydrogen (secondary N) is 1. The zero-order chi connectivity index (χ0) is 11.4. The van der Waals surface area contributed by atoms with Gasteiger partial charge in [0.25, 0.3) is 0 Å². The summed E-state index contributed by atoms with van der Waals surface area (Å²) in [5, 5.41) is 3.52. The Labute approximate surface area is 98.2 Å². The predicted molar refractivity (Wildman–Crippen MR) is 68.3 cm³/mol. The van der Waals surface area contributed by atoms with Gasteiger partial charge in [-0.2, -0.15) is 0 Å². The largest absolute Gasteiger partial charge is 0.327 e. The fourth-order valence-corrected chi connectivity index (χ4v) is 2.01. The standard InChI is InChI=1S/C14H22N2/c1-11-9-14(11)16-10-13(15)8-7-12-5-3-2-4-6-12/h2-6,11,13-14,16H,7-10,15H2,1H3. The lowest BCUT2D eigenvalue weighted by molar-refractivity contribution is 0.533. The maximum Gasteiger partial charge on any atom is 0.0168 e. The molecular weight excluding hydrogens is 196 g/mol. The highest BCUT2D eigenvalue weighted by molar-refractivity contribution is 5.14. The molecule has 0 amide bonds. The van der Waals surface area contributed by atoms with Crippen molar-refractivity contribution in [1.82, 2.24) is 5.32 Å². The van der Waals surface area contributed by atoms with Gasteiger partial charge in [0.05, 0.1) is 0 Å². The van der Waals surface area contributed by atoms with E-state index in [9.17, 15) is 0 Å². The van der Waals surface area contributed by atoms with E-state index >= 15 is 0 Å². The molecule has 3 N–H and O–H groups in total. The highest BCUT2D eigenvalue weighted by atomic mass is 15.0. The van der Waals surface area contributed by atoms with Crippen molar-refractivity contribution in [1.29, 1.82) is 0 Å². The van der Waals surface area contributed by atoms with Gasteiger partial charge < -0.3 is 11.1 Å². The summed E-state index contributed by atoms with van der Waals surface area (Å²) >= 11 is 0. The second-order valence-corrected chi connectivity index (χ2v) is 5.01. The highest BCUT2D eigenvalue weighted by Gasteiger charge is 2.31. The van der Waals surface area contributed by atoms with Gasteiger partial charge in [-0.25, -0.2) is 0 Å². The van der Waals surface area contributed by atoms with Crippen molar-refractivity contribution in [2.75, 3.05) is 6.54 Å². The normalized spacial score (nSPS) is 25.4. The molecule has 0 saturated heterocycles. The molecular formula is C14H22N2. The molecule has 0 bridgehead atoms. The first-order valence-electron chi connectivity index (χ1n) is 6.28. The molecule has 1 aliphatic carbocycles. The molecule has 0 radical (unpaired) electrons. The Balaban J connectivity index is 1.62. The SMILES string of the molecule is CC1CC1NCC(N)CCc1ccccc1. The monoisotopic (exact) mass is 218 g/mol. The van der Waals surface area contributed by atoms with Crippen molar-refractivity contribution in [3.05, 3.63) is 35.9 Å². The zero-order valence-electron chi connectivity index (χ0n) is 10.0. The molecule has 1 saturated carbocycles. The van der Waals surface area contributed by atoms with Crippen LogP contribution in [-0.4, -0.2) is 18.6 Å². The topological polar surface area (TPSA) is 38.0 Å². The van der Waals surface area contributed by atoms with E-state index in [0.717, 1.165) is 31.3 Å². The van der Waals surface area contributed by atoms with Crippen LogP contribution in [0.2, 0.25) is 0 Å². The minimum absolute atomic E-state index is 0.285. The number of benzene rings is 1. The molecule has 1 fully saturated rings. The predicted octanol–water partition coefficient (Wildman–Crippen LogP) is 1.94. The summed E-state index contributed by atoms with van der Waals surface area (Å²) < 4.78 is 0. The first-order valence-corrected chi connectivity index (χ1v) is 6.28. The lowest BCUT2D eigenvalue weighted by Crippen LogP contribution is -2.35. The van der Waals surface area contributed by atoms with Crippen LogP contribution in [0.1, 0.15) is 25.3 Å². The molecule has 1 aromatic carbocycles. The molecule has 2 heteroatoms. The third-order valence-corrected chi connectivity index (χ3v) is 3.40. The van der Waals surface area contributed by atoms with Crippen molar-refractivity contribution in [2.45, 2.75) is 38.3 Å². The van der Waals surface area contributed by atoms with Crippen LogP contribution in [0, 0.1) is 5.92 Å². The average Bonchev–Trinajstić information content (AvgIpc) is 3.01. The summed E-state index contributed by atoms with van der Waals surface area (Å²) in [5.74, 6) is 0.862. The molecule has 0 aliphatic heterocycles. The Hall–Kier alpha value is -0.860. The number of nitrogens with two attached hydrogens (primary N) is 1. The second kappa shape index (κ2) is 5.46. The van der Waals surface area contributed by atoms with Gasteiger partial charge in [-0.05, 0) is 30.7 Å². The van der Waals surface area contributed by atoms with Crippen molar-refractivity contribution in [2.24, 2.45) is 11.7 Å². The van der Waals surface area contributed by atoms with Crippen LogP contribution in [0.15, 0.2) is 30.3 Å². The molecule has 16 heavy (non-hydrogen) atoms. The summed E-state index contributed by atoms with van der Waals surface area (Å²) in [6, 6.07) is 11.6. The van der Waals surface area contributed by atoms with E-state index < -0.39 is 0 Å². The van der Waals surface area contributed by atoms with E-state index in [4.69, 9.17) is 5.73 Å². The number of rotatable bonds is 6. The van der Waals surface area contributed by atoms with Crippen molar-refractivity contribution in [3.63, 3.8) is 0 Å². The fraction of sp³-hybridized carbons (Fsp3) is 0.571. The lowest BCUT2D eigenvalue weighted by Gasteiger charge is -2.12. The van der Waals surface area contributed by atoms with Crippen molar-refractivity contribution >= 4 is 0 Å². The molecule has 1 aliphatic rings. The molecule has 0 heterocycles. The van der Waals surface area contributed by atoms with Gasteiger partial charge in [0.15, 0.2) is 0 Å². The lowest BCUT2D eigenvalue weighted by atomic mass is 10.1. The Morgan fingerprint density at radius 2 is 2.06 bits per heavy atom. The summed E-state index contributed by atoms with van der Waals surface area (Å²) in [6.45, 7) is 3.25. The van der Waals surface area contributed by atoms with E-state index in [0.29, 0.717) is 0 Å². The number of aryl methyl sites for hydroxylation is 1. The molecule has 2 nitrogen and oxygen atoms in total. The second-order valence-electron chi connectivity index (χ2n) is 5.01.